The molecule has 0 amide bonds. The van der Waals surface area contributed by atoms with Gasteiger partial charge in [-0.25, -0.2) is 9.48 Å². The number of nitrogens with zero attached hydrogens (tertiary/aromatic N) is 4. The van der Waals surface area contributed by atoms with Crippen molar-refractivity contribution in [3.63, 3.8) is 0 Å². The molecular weight excluding hydrogens is 321 g/mol. The van der Waals surface area contributed by atoms with Gasteiger partial charge in [0.05, 0.1) is 6.04 Å². The summed E-state index contributed by atoms with van der Waals surface area (Å²) in [6, 6.07) is 9.73. The number of hydrogen-bond donors (Lipinski definition) is 0. The highest BCUT2D eigenvalue weighted by atomic mass is 19.4. The third kappa shape index (κ3) is 3.38. The lowest BCUT2D eigenvalue weighted by Crippen LogP contribution is -2.37. The number of rotatable bonds is 3. The first kappa shape index (κ1) is 16.8. The predicted molar refractivity (Wildman–Crippen MR) is 82.5 cm³/mol. The van der Waals surface area contributed by atoms with E-state index in [2.05, 4.69) is 10.00 Å². The summed E-state index contributed by atoms with van der Waals surface area (Å²) in [6.07, 6.45) is -3.39. The summed E-state index contributed by atoms with van der Waals surface area (Å²) >= 11 is 0. The molecule has 1 aliphatic rings. The van der Waals surface area contributed by atoms with Gasteiger partial charge >= 0.3 is 11.9 Å². The van der Waals surface area contributed by atoms with Crippen molar-refractivity contribution in [1.29, 1.82) is 0 Å². The number of aromatic nitrogens is 3. The minimum absolute atomic E-state index is 0.285. The average molecular weight is 340 g/mol. The second kappa shape index (κ2) is 6.43. The van der Waals surface area contributed by atoms with E-state index in [4.69, 9.17) is 0 Å². The molecular formula is C16H19F3N4O. The molecule has 0 atom stereocenters. The van der Waals surface area contributed by atoms with Crippen molar-refractivity contribution in [1.82, 2.24) is 19.2 Å². The van der Waals surface area contributed by atoms with Crippen molar-refractivity contribution in [3.8, 4) is 0 Å². The zero-order valence-electron chi connectivity index (χ0n) is 13.3. The normalized spacial score (nSPS) is 17.3. The van der Waals surface area contributed by atoms with Crippen LogP contribution in [0.3, 0.4) is 0 Å². The summed E-state index contributed by atoms with van der Waals surface area (Å²) in [4.78, 5) is 14.3. The number of halogens is 3. The Kier molecular flexibility index (Phi) is 4.49. The Labute approximate surface area is 137 Å². The van der Waals surface area contributed by atoms with Gasteiger partial charge in [0.15, 0.2) is 0 Å². The van der Waals surface area contributed by atoms with Crippen LogP contribution in [0, 0.1) is 0 Å². The Balaban J connectivity index is 1.68. The molecule has 1 aliphatic heterocycles. The largest absolute Gasteiger partial charge is 0.451 e. The van der Waals surface area contributed by atoms with Crippen LogP contribution in [0.15, 0.2) is 35.1 Å². The Morgan fingerprint density at radius 1 is 1.17 bits per heavy atom. The summed E-state index contributed by atoms with van der Waals surface area (Å²) in [6.45, 7) is 2.26. The third-order valence-corrected chi connectivity index (χ3v) is 4.41. The van der Waals surface area contributed by atoms with Gasteiger partial charge in [0.25, 0.3) is 0 Å². The highest BCUT2D eigenvalue weighted by molar-refractivity contribution is 5.14. The van der Waals surface area contributed by atoms with E-state index in [1.807, 2.05) is 30.3 Å². The van der Waals surface area contributed by atoms with Crippen LogP contribution in [-0.4, -0.2) is 32.3 Å². The zero-order chi connectivity index (χ0) is 17.3. The smallest absolute Gasteiger partial charge is 0.299 e. The second-order valence-corrected chi connectivity index (χ2v) is 6.10. The third-order valence-electron chi connectivity index (χ3n) is 4.41. The van der Waals surface area contributed by atoms with Crippen LogP contribution in [0.1, 0.15) is 30.3 Å². The molecule has 24 heavy (non-hydrogen) atoms. The van der Waals surface area contributed by atoms with Gasteiger partial charge in [-0.05, 0) is 18.4 Å². The van der Waals surface area contributed by atoms with E-state index in [1.165, 1.54) is 5.56 Å². The quantitative estimate of drug-likeness (QED) is 0.862. The average Bonchev–Trinajstić information content (AvgIpc) is 2.85. The predicted octanol–water partition coefficient (Wildman–Crippen LogP) is 2.44. The number of likely N-dealkylation sites (tertiary alicyclic amines) is 1. The lowest BCUT2D eigenvalue weighted by molar-refractivity contribution is -0.147. The molecule has 0 radical (unpaired) electrons. The molecule has 3 rings (SSSR count). The van der Waals surface area contributed by atoms with Crippen molar-refractivity contribution in [2.45, 2.75) is 31.6 Å². The first-order valence-electron chi connectivity index (χ1n) is 7.85. The van der Waals surface area contributed by atoms with Gasteiger partial charge in [0.1, 0.15) is 0 Å². The maximum absolute atomic E-state index is 12.9. The topological polar surface area (TPSA) is 43.1 Å². The molecule has 0 aliphatic carbocycles. The van der Waals surface area contributed by atoms with Crippen LogP contribution in [0.4, 0.5) is 13.2 Å². The number of alkyl halides is 3. The van der Waals surface area contributed by atoms with Crippen molar-refractivity contribution >= 4 is 0 Å². The van der Waals surface area contributed by atoms with Crippen molar-refractivity contribution in [2.24, 2.45) is 7.05 Å². The molecule has 130 valence electrons. The van der Waals surface area contributed by atoms with Crippen molar-refractivity contribution in [3.05, 3.63) is 52.2 Å². The summed E-state index contributed by atoms with van der Waals surface area (Å²) in [5.74, 6) is -1.14. The van der Waals surface area contributed by atoms with E-state index < -0.39 is 17.7 Å². The van der Waals surface area contributed by atoms with Gasteiger partial charge in [0.2, 0.25) is 5.82 Å². The monoisotopic (exact) mass is 340 g/mol. The summed E-state index contributed by atoms with van der Waals surface area (Å²) < 4.78 is 40.2. The van der Waals surface area contributed by atoms with E-state index in [0.29, 0.717) is 17.4 Å². The Morgan fingerprint density at radius 2 is 1.79 bits per heavy atom. The highest BCUT2D eigenvalue weighted by Crippen LogP contribution is 2.28. The zero-order valence-corrected chi connectivity index (χ0v) is 13.3. The first-order chi connectivity index (χ1) is 11.4. The molecule has 0 bridgehead atoms. The van der Waals surface area contributed by atoms with Crippen LogP contribution in [-0.2, 0) is 19.8 Å². The summed E-state index contributed by atoms with van der Waals surface area (Å²) in [5.41, 5.74) is 0.495. The number of piperidine rings is 1. The minimum atomic E-state index is -4.62. The molecule has 0 unspecified atom stereocenters. The highest BCUT2D eigenvalue weighted by Gasteiger charge is 2.39. The molecule has 5 nitrogen and oxygen atoms in total. The molecule has 1 fully saturated rings. The van der Waals surface area contributed by atoms with Crippen LogP contribution in [0.5, 0.6) is 0 Å². The fourth-order valence-electron chi connectivity index (χ4n) is 3.10. The minimum Gasteiger partial charge on any atom is -0.299 e. The van der Waals surface area contributed by atoms with Gasteiger partial charge in [-0.1, -0.05) is 30.3 Å². The van der Waals surface area contributed by atoms with E-state index in [9.17, 15) is 18.0 Å². The molecule has 0 saturated carbocycles. The summed E-state index contributed by atoms with van der Waals surface area (Å²) in [5, 5.41) is 3.54. The molecule has 1 aromatic heterocycles. The molecule has 8 heteroatoms. The lowest BCUT2D eigenvalue weighted by atomic mass is 10.0. The van der Waals surface area contributed by atoms with Gasteiger partial charge in [-0.2, -0.15) is 13.2 Å². The van der Waals surface area contributed by atoms with E-state index in [1.54, 1.807) is 0 Å². The van der Waals surface area contributed by atoms with Crippen molar-refractivity contribution < 1.29 is 13.2 Å². The molecule has 0 N–H and O–H groups in total. The number of hydrogen-bond acceptors (Lipinski definition) is 3. The van der Waals surface area contributed by atoms with Crippen LogP contribution in [0.2, 0.25) is 0 Å². The Bertz CT molecular complexity index is 743. The molecule has 1 saturated heterocycles. The Hall–Kier alpha value is -2.09. The molecule has 0 spiro atoms. The lowest BCUT2D eigenvalue weighted by Gasteiger charge is -2.31. The van der Waals surface area contributed by atoms with E-state index in [0.717, 1.165) is 31.4 Å². The van der Waals surface area contributed by atoms with Crippen LogP contribution < -0.4 is 5.69 Å². The van der Waals surface area contributed by atoms with Gasteiger partial charge in [0, 0.05) is 26.7 Å². The molecule has 1 aromatic carbocycles. The number of benzene rings is 1. The fourth-order valence-corrected chi connectivity index (χ4v) is 3.10. The fraction of sp³-hybridized carbons (Fsp3) is 0.500. The maximum Gasteiger partial charge on any atom is 0.451 e. The van der Waals surface area contributed by atoms with Gasteiger partial charge < -0.3 is 0 Å². The molecule has 2 aromatic rings. The Morgan fingerprint density at radius 3 is 2.33 bits per heavy atom. The van der Waals surface area contributed by atoms with Crippen LogP contribution >= 0.6 is 0 Å². The maximum atomic E-state index is 12.9. The van der Waals surface area contributed by atoms with Gasteiger partial charge in [-0.3, -0.25) is 9.47 Å². The summed E-state index contributed by atoms with van der Waals surface area (Å²) in [7, 11) is 1.11. The van der Waals surface area contributed by atoms with Crippen LogP contribution in [0.25, 0.3) is 0 Å². The molecule has 2 heterocycles. The second-order valence-electron chi connectivity index (χ2n) is 6.10. The van der Waals surface area contributed by atoms with E-state index in [-0.39, 0.29) is 6.04 Å². The van der Waals surface area contributed by atoms with E-state index >= 15 is 0 Å². The van der Waals surface area contributed by atoms with Crippen molar-refractivity contribution in [2.75, 3.05) is 13.1 Å². The first-order valence-corrected chi connectivity index (χ1v) is 7.85. The van der Waals surface area contributed by atoms with Gasteiger partial charge in [-0.15, -0.1) is 5.10 Å². The SMILES string of the molecule is Cn1c(C(F)(F)F)nn(C2CCN(Cc3ccccc3)CC2)c1=O. The standard InChI is InChI=1S/C16H19F3N4O/c1-21-14(16(17,18)19)20-23(15(21)24)13-7-9-22(10-8-13)11-12-5-3-2-4-6-12/h2-6,13H,7-11H2,1H3.